The fourth-order valence-corrected chi connectivity index (χ4v) is 13.8. The van der Waals surface area contributed by atoms with Crippen molar-refractivity contribution in [3.63, 3.8) is 0 Å². The van der Waals surface area contributed by atoms with Crippen LogP contribution in [0.5, 0.6) is 0 Å². The number of nitrogens with zero attached hydrogens (tertiary/aromatic N) is 4. The molecule has 6 heterocycles. The van der Waals surface area contributed by atoms with E-state index in [1.807, 2.05) is 0 Å². The summed E-state index contributed by atoms with van der Waals surface area (Å²) in [5.74, 6) is 0. The number of hydrogen-bond donors (Lipinski definition) is 0. The smallest absolute Gasteiger partial charge is 0.333 e. The molecule has 4 aliphatic heterocycles. The van der Waals surface area contributed by atoms with Gasteiger partial charge < -0.3 is 18.8 Å². The maximum atomic E-state index is 2.70. The van der Waals surface area contributed by atoms with E-state index in [0.717, 1.165) is 11.4 Å². The van der Waals surface area contributed by atoms with Crippen molar-refractivity contribution in [2.75, 3.05) is 9.80 Å². The Morgan fingerprint density at radius 3 is 1.59 bits per heavy atom. The van der Waals surface area contributed by atoms with E-state index < -0.39 is 0 Å². The van der Waals surface area contributed by atoms with Crippen LogP contribution in [0.25, 0.3) is 77.0 Å². The molecule has 12 aromatic rings. The molecule has 0 atom stereocenters. The second-order valence-corrected chi connectivity index (χ2v) is 19.7. The summed E-state index contributed by atoms with van der Waals surface area (Å²) in [5, 5.41) is 5.16. The molecule has 0 saturated carbocycles. The van der Waals surface area contributed by atoms with Crippen LogP contribution in [0.4, 0.5) is 34.1 Å². The standard InChI is InChI=1S/C63H42B2N4/c1-37-33-38(2)57(39(3)34-37)40-31-32-50-55(35-40)66(41-17-6-4-7-18-41)56-36-51-63(58-49-27-15-25-47-44-22-11-13-29-53(44)69(62(47)49)64(50)60(56)58)67(42-19-8-5-9-20-42)54-30-16-23-45-48-26-14-24-46-43-21-10-12-28-52(43)68(61(46)48)65(51)59(45)54/h4-36H,1-3H3. The number of hydrogen-bond acceptors (Lipinski definition) is 2. The second kappa shape index (κ2) is 13.4. The van der Waals surface area contributed by atoms with Gasteiger partial charge in [-0.3, -0.25) is 0 Å². The molecule has 320 valence electrons. The molecule has 4 aliphatic rings. The van der Waals surface area contributed by atoms with Gasteiger partial charge in [0.2, 0.25) is 0 Å². The molecule has 0 bridgehead atoms. The van der Waals surface area contributed by atoms with Crippen LogP contribution < -0.4 is 31.7 Å². The van der Waals surface area contributed by atoms with Crippen LogP contribution >= 0.6 is 0 Å². The molecule has 2 aromatic heterocycles. The molecule has 0 aliphatic carbocycles. The highest BCUT2D eigenvalue weighted by Gasteiger charge is 2.50. The van der Waals surface area contributed by atoms with E-state index in [0.29, 0.717) is 0 Å². The minimum atomic E-state index is -0.113. The summed E-state index contributed by atoms with van der Waals surface area (Å²) in [5.41, 5.74) is 29.2. The first-order valence-electron chi connectivity index (χ1n) is 24.3. The molecule has 0 unspecified atom stereocenters. The van der Waals surface area contributed by atoms with E-state index in [2.05, 4.69) is 240 Å². The van der Waals surface area contributed by atoms with E-state index in [4.69, 9.17) is 0 Å². The number of benzene rings is 10. The quantitative estimate of drug-likeness (QED) is 0.164. The minimum Gasteiger partial charge on any atom is -0.375 e. The van der Waals surface area contributed by atoms with Gasteiger partial charge in [0.25, 0.3) is 0 Å². The van der Waals surface area contributed by atoms with Crippen molar-refractivity contribution in [3.05, 3.63) is 217 Å². The van der Waals surface area contributed by atoms with Gasteiger partial charge in [0.15, 0.2) is 0 Å². The summed E-state index contributed by atoms with van der Waals surface area (Å²) in [6.45, 7) is 6.52. The first-order valence-corrected chi connectivity index (χ1v) is 24.3. The van der Waals surface area contributed by atoms with E-state index in [1.54, 1.807) is 0 Å². The highest BCUT2D eigenvalue weighted by Crippen LogP contribution is 2.53. The Morgan fingerprint density at radius 1 is 0.362 bits per heavy atom. The van der Waals surface area contributed by atoms with Gasteiger partial charge in [0.1, 0.15) is 0 Å². The lowest BCUT2D eigenvalue weighted by Gasteiger charge is -2.46. The van der Waals surface area contributed by atoms with Crippen LogP contribution in [0.1, 0.15) is 16.7 Å². The Morgan fingerprint density at radius 2 is 0.913 bits per heavy atom. The fourth-order valence-electron chi connectivity index (χ4n) is 13.8. The highest BCUT2D eigenvalue weighted by molar-refractivity contribution is 6.93. The molecule has 0 spiro atoms. The van der Waals surface area contributed by atoms with Gasteiger partial charge in [-0.1, -0.05) is 151 Å². The molecule has 0 saturated heterocycles. The highest BCUT2D eigenvalue weighted by atomic mass is 15.2. The van der Waals surface area contributed by atoms with Crippen LogP contribution in [0, 0.1) is 20.8 Å². The van der Waals surface area contributed by atoms with E-state index in [-0.39, 0.29) is 13.7 Å². The molecule has 4 nitrogen and oxygen atoms in total. The van der Waals surface area contributed by atoms with Crippen LogP contribution in [-0.2, 0) is 0 Å². The topological polar surface area (TPSA) is 16.3 Å². The van der Waals surface area contributed by atoms with Crippen molar-refractivity contribution in [2.45, 2.75) is 20.8 Å². The molecule has 0 N–H and O–H groups in total. The predicted octanol–water partition coefficient (Wildman–Crippen LogP) is 13.3. The molecule has 69 heavy (non-hydrogen) atoms. The van der Waals surface area contributed by atoms with Gasteiger partial charge in [-0.05, 0) is 125 Å². The zero-order valence-corrected chi connectivity index (χ0v) is 38.5. The van der Waals surface area contributed by atoms with Gasteiger partial charge in [0, 0.05) is 88.7 Å². The monoisotopic (exact) mass is 876 g/mol. The molecule has 10 aromatic carbocycles. The van der Waals surface area contributed by atoms with Crippen molar-refractivity contribution in [3.8, 4) is 33.4 Å². The maximum absolute atomic E-state index is 2.70. The summed E-state index contributed by atoms with van der Waals surface area (Å²) < 4.78 is 5.40. The minimum absolute atomic E-state index is 0.112. The summed E-state index contributed by atoms with van der Waals surface area (Å²) in [6, 6.07) is 76.1. The van der Waals surface area contributed by atoms with Gasteiger partial charge in [-0.2, -0.15) is 0 Å². The van der Waals surface area contributed by atoms with Crippen LogP contribution in [0.15, 0.2) is 200 Å². The molecular formula is C63H42B2N4. The summed E-state index contributed by atoms with van der Waals surface area (Å²) >= 11 is 0. The van der Waals surface area contributed by atoms with Crippen molar-refractivity contribution in [2.24, 2.45) is 0 Å². The first-order chi connectivity index (χ1) is 34.0. The third-order valence-electron chi connectivity index (χ3n) is 16.1. The Balaban J connectivity index is 1.12. The van der Waals surface area contributed by atoms with Gasteiger partial charge in [-0.25, -0.2) is 0 Å². The SMILES string of the molecule is Cc1cc(C)c(-c2ccc3c(c2)N(c2ccccc2)c2cc4c(c5c2B3n2c3ccccc3c3cccc-5c32)N(c2ccccc2)c2cccc3c2B4n2c4ccccc4c4cccc-3c42)c(C)c1. The number of para-hydroxylation sites is 6. The number of aryl methyl sites for hydroxylation is 3. The number of rotatable bonds is 3. The fraction of sp³-hybridized carbons (Fsp3) is 0.0476. The Hall–Kier alpha value is -8.47. The van der Waals surface area contributed by atoms with Crippen molar-refractivity contribution in [1.82, 2.24) is 8.96 Å². The summed E-state index contributed by atoms with van der Waals surface area (Å²) in [7, 11) is 0. The number of aromatic nitrogens is 2. The Labute approximate surface area is 401 Å². The number of anilines is 6. The van der Waals surface area contributed by atoms with Crippen LogP contribution in [0.2, 0.25) is 0 Å². The zero-order chi connectivity index (χ0) is 45.4. The average molecular weight is 877 g/mol. The summed E-state index contributed by atoms with van der Waals surface area (Å²) in [6.07, 6.45) is 0. The molecule has 6 heteroatoms. The average Bonchev–Trinajstić information content (AvgIpc) is 3.90. The van der Waals surface area contributed by atoms with Gasteiger partial charge >= 0.3 is 13.7 Å². The number of fused-ring (bicyclic) bond motifs is 15. The maximum Gasteiger partial charge on any atom is 0.333 e. The largest absolute Gasteiger partial charge is 0.375 e. The normalized spacial score (nSPS) is 13.6. The van der Waals surface area contributed by atoms with E-state index in [9.17, 15) is 0 Å². The van der Waals surface area contributed by atoms with E-state index >= 15 is 0 Å². The summed E-state index contributed by atoms with van der Waals surface area (Å²) in [4.78, 5) is 5.23. The molecular weight excluding hydrogens is 834 g/mol. The Kier molecular flexibility index (Phi) is 7.28. The molecule has 16 rings (SSSR count). The van der Waals surface area contributed by atoms with Crippen molar-refractivity contribution < 1.29 is 0 Å². The van der Waals surface area contributed by atoms with Gasteiger partial charge in [0.05, 0.1) is 5.69 Å². The molecule has 0 radical (unpaired) electrons. The lowest BCUT2D eigenvalue weighted by molar-refractivity contribution is 1.23. The van der Waals surface area contributed by atoms with Crippen LogP contribution in [-0.4, -0.2) is 22.7 Å². The third kappa shape index (κ3) is 4.71. The first kappa shape index (κ1) is 37.6. The predicted molar refractivity (Wildman–Crippen MR) is 293 cm³/mol. The van der Waals surface area contributed by atoms with Crippen molar-refractivity contribution in [1.29, 1.82) is 0 Å². The van der Waals surface area contributed by atoms with Crippen LogP contribution in [0.3, 0.4) is 0 Å². The van der Waals surface area contributed by atoms with E-state index in [1.165, 1.54) is 138 Å². The third-order valence-corrected chi connectivity index (χ3v) is 16.1. The lowest BCUT2D eigenvalue weighted by Crippen LogP contribution is -2.61. The second-order valence-electron chi connectivity index (χ2n) is 19.7. The molecule has 0 amide bonds. The lowest BCUT2D eigenvalue weighted by atomic mass is 9.41. The van der Waals surface area contributed by atoms with Gasteiger partial charge in [-0.15, -0.1) is 0 Å². The van der Waals surface area contributed by atoms with Crippen molar-refractivity contribution >= 4 is 113 Å². The zero-order valence-electron chi connectivity index (χ0n) is 38.5. The Bertz CT molecular complexity index is 4240. The molecule has 0 fully saturated rings.